The Labute approximate surface area is 194 Å². The molecule has 0 radical (unpaired) electrons. The van der Waals surface area contributed by atoms with Gasteiger partial charge in [-0.05, 0) is 68.4 Å². The van der Waals surface area contributed by atoms with Crippen LogP contribution in [0.5, 0.6) is 0 Å². The Morgan fingerprint density at radius 2 is 1.53 bits per heavy atom. The van der Waals surface area contributed by atoms with Crippen molar-refractivity contribution in [3.05, 3.63) is 30.3 Å². The highest BCUT2D eigenvalue weighted by Crippen LogP contribution is 2.31. The fraction of sp³-hybridized carbons (Fsp3) is 0.692. The maximum Gasteiger partial charge on any atom is 0.324 e. The SMILES string of the molecule is CN=C(NC)NCC1CCC(CN(CC2CCCCC2)C(=O)N(C)c2ccccc2)CC1. The number of rotatable bonds is 7. The van der Waals surface area contributed by atoms with E-state index in [1.165, 1.54) is 57.8 Å². The van der Waals surface area contributed by atoms with Crippen LogP contribution in [0.3, 0.4) is 0 Å². The number of hydrogen-bond donors (Lipinski definition) is 2. The zero-order valence-electron chi connectivity index (χ0n) is 20.4. The van der Waals surface area contributed by atoms with Crippen LogP contribution in [0.25, 0.3) is 0 Å². The number of carbonyl (C=O) groups excluding carboxylic acids is 1. The van der Waals surface area contributed by atoms with Gasteiger partial charge in [0.1, 0.15) is 0 Å². The van der Waals surface area contributed by atoms with Crippen LogP contribution in [0, 0.1) is 17.8 Å². The van der Waals surface area contributed by atoms with E-state index < -0.39 is 0 Å². The Kier molecular flexibility index (Phi) is 9.69. The van der Waals surface area contributed by atoms with Crippen LogP contribution in [0.2, 0.25) is 0 Å². The first kappa shape index (κ1) is 24.4. The highest BCUT2D eigenvalue weighted by molar-refractivity contribution is 5.91. The van der Waals surface area contributed by atoms with Crippen molar-refractivity contribution in [3.63, 3.8) is 0 Å². The molecule has 1 aromatic carbocycles. The third-order valence-electron chi connectivity index (χ3n) is 7.37. The third kappa shape index (κ3) is 7.14. The number of nitrogens with zero attached hydrogens (tertiary/aromatic N) is 3. The minimum Gasteiger partial charge on any atom is -0.359 e. The molecule has 0 atom stereocenters. The molecule has 0 heterocycles. The molecule has 2 amide bonds. The summed E-state index contributed by atoms with van der Waals surface area (Å²) in [6, 6.07) is 10.2. The summed E-state index contributed by atoms with van der Waals surface area (Å²) >= 11 is 0. The zero-order valence-corrected chi connectivity index (χ0v) is 20.4. The fourth-order valence-electron chi connectivity index (χ4n) is 5.34. The Balaban J connectivity index is 1.57. The molecule has 6 nitrogen and oxygen atoms in total. The van der Waals surface area contributed by atoms with Gasteiger partial charge in [0.25, 0.3) is 0 Å². The summed E-state index contributed by atoms with van der Waals surface area (Å²) in [5.74, 6) is 2.81. The number of anilines is 1. The number of para-hydroxylation sites is 1. The number of nitrogens with one attached hydrogen (secondary N) is 2. The van der Waals surface area contributed by atoms with Gasteiger partial charge in [-0.15, -0.1) is 0 Å². The molecule has 178 valence electrons. The Hall–Kier alpha value is -2.24. The van der Waals surface area contributed by atoms with Gasteiger partial charge in [0, 0.05) is 46.5 Å². The maximum absolute atomic E-state index is 13.5. The van der Waals surface area contributed by atoms with Gasteiger partial charge in [0.15, 0.2) is 5.96 Å². The number of benzene rings is 1. The zero-order chi connectivity index (χ0) is 22.8. The summed E-state index contributed by atoms with van der Waals surface area (Å²) in [7, 11) is 5.62. The van der Waals surface area contributed by atoms with Crippen molar-refractivity contribution in [1.29, 1.82) is 0 Å². The molecule has 2 aliphatic rings. The van der Waals surface area contributed by atoms with E-state index in [1.54, 1.807) is 7.05 Å². The van der Waals surface area contributed by atoms with Crippen molar-refractivity contribution < 1.29 is 4.79 Å². The fourth-order valence-corrected chi connectivity index (χ4v) is 5.34. The topological polar surface area (TPSA) is 60.0 Å². The molecule has 0 spiro atoms. The average Bonchev–Trinajstić information content (AvgIpc) is 2.85. The van der Waals surface area contributed by atoms with E-state index in [0.717, 1.165) is 31.3 Å². The molecule has 0 aliphatic heterocycles. The molecule has 2 fully saturated rings. The largest absolute Gasteiger partial charge is 0.359 e. The van der Waals surface area contributed by atoms with Gasteiger partial charge >= 0.3 is 6.03 Å². The van der Waals surface area contributed by atoms with E-state index in [2.05, 4.69) is 20.5 Å². The number of amides is 2. The number of urea groups is 1. The molecule has 3 rings (SSSR count). The summed E-state index contributed by atoms with van der Waals surface area (Å²) < 4.78 is 0. The first-order valence-electron chi connectivity index (χ1n) is 12.6. The van der Waals surface area contributed by atoms with E-state index in [9.17, 15) is 4.79 Å². The second-order valence-corrected chi connectivity index (χ2v) is 9.68. The predicted molar refractivity (Wildman–Crippen MR) is 134 cm³/mol. The van der Waals surface area contributed by atoms with Crippen LogP contribution >= 0.6 is 0 Å². The predicted octanol–water partition coefficient (Wildman–Crippen LogP) is 4.73. The van der Waals surface area contributed by atoms with E-state index >= 15 is 0 Å². The lowest BCUT2D eigenvalue weighted by Crippen LogP contribution is -2.46. The van der Waals surface area contributed by atoms with Gasteiger partial charge in [-0.2, -0.15) is 0 Å². The van der Waals surface area contributed by atoms with Crippen molar-refractivity contribution >= 4 is 17.7 Å². The molecule has 0 bridgehead atoms. The molecule has 0 unspecified atom stereocenters. The molecular weight excluding hydrogens is 398 g/mol. The molecule has 2 N–H and O–H groups in total. The second-order valence-electron chi connectivity index (χ2n) is 9.68. The van der Waals surface area contributed by atoms with Crippen LogP contribution in [-0.2, 0) is 0 Å². The highest BCUT2D eigenvalue weighted by atomic mass is 16.2. The number of guanidine groups is 1. The molecule has 1 aromatic rings. The molecule has 0 saturated heterocycles. The van der Waals surface area contributed by atoms with Gasteiger partial charge in [0.2, 0.25) is 0 Å². The highest BCUT2D eigenvalue weighted by Gasteiger charge is 2.29. The standard InChI is InChI=1S/C26H43N5O/c1-27-25(28-2)29-18-21-14-16-23(17-15-21)20-31(19-22-10-6-4-7-11-22)26(32)30(3)24-12-8-5-9-13-24/h5,8-9,12-13,21-23H,4,6-7,10-11,14-20H2,1-3H3,(H2,27,28,29). The first-order valence-corrected chi connectivity index (χ1v) is 12.6. The molecule has 32 heavy (non-hydrogen) atoms. The first-order chi connectivity index (χ1) is 15.6. The lowest BCUT2D eigenvalue weighted by molar-refractivity contribution is 0.156. The summed E-state index contributed by atoms with van der Waals surface area (Å²) in [4.78, 5) is 21.7. The molecular formula is C26H43N5O. The van der Waals surface area contributed by atoms with E-state index in [-0.39, 0.29) is 6.03 Å². The van der Waals surface area contributed by atoms with Gasteiger partial charge in [-0.1, -0.05) is 37.5 Å². The number of carbonyl (C=O) groups is 1. The Morgan fingerprint density at radius 3 is 2.12 bits per heavy atom. The summed E-state index contributed by atoms with van der Waals surface area (Å²) in [5, 5.41) is 6.51. The summed E-state index contributed by atoms with van der Waals surface area (Å²) in [5.41, 5.74) is 0.971. The second kappa shape index (κ2) is 12.7. The van der Waals surface area contributed by atoms with Crippen LogP contribution in [0.4, 0.5) is 10.5 Å². The van der Waals surface area contributed by atoms with Crippen LogP contribution < -0.4 is 15.5 Å². The van der Waals surface area contributed by atoms with Crippen LogP contribution in [-0.4, -0.2) is 57.7 Å². The normalized spacial score (nSPS) is 22.3. The van der Waals surface area contributed by atoms with E-state index in [1.807, 2.05) is 49.3 Å². The van der Waals surface area contributed by atoms with Crippen molar-refractivity contribution in [3.8, 4) is 0 Å². The maximum atomic E-state index is 13.5. The summed E-state index contributed by atoms with van der Waals surface area (Å²) in [6.07, 6.45) is 11.4. The Morgan fingerprint density at radius 1 is 0.938 bits per heavy atom. The van der Waals surface area contributed by atoms with Crippen molar-refractivity contribution in [1.82, 2.24) is 15.5 Å². The van der Waals surface area contributed by atoms with Gasteiger partial charge in [-0.3, -0.25) is 9.89 Å². The van der Waals surface area contributed by atoms with Crippen molar-refractivity contribution in [2.45, 2.75) is 57.8 Å². The number of hydrogen-bond acceptors (Lipinski definition) is 2. The van der Waals surface area contributed by atoms with Crippen molar-refractivity contribution in [2.24, 2.45) is 22.7 Å². The Bertz CT molecular complexity index is 708. The third-order valence-corrected chi connectivity index (χ3v) is 7.37. The lowest BCUT2D eigenvalue weighted by Gasteiger charge is -2.37. The van der Waals surface area contributed by atoms with E-state index in [4.69, 9.17) is 0 Å². The van der Waals surface area contributed by atoms with Crippen molar-refractivity contribution in [2.75, 3.05) is 45.7 Å². The quantitative estimate of drug-likeness (QED) is 0.475. The lowest BCUT2D eigenvalue weighted by atomic mass is 9.81. The molecule has 2 aliphatic carbocycles. The average molecular weight is 442 g/mol. The van der Waals surface area contributed by atoms with Crippen LogP contribution in [0.15, 0.2) is 35.3 Å². The van der Waals surface area contributed by atoms with E-state index in [0.29, 0.717) is 17.8 Å². The van der Waals surface area contributed by atoms with Gasteiger partial charge in [-0.25, -0.2) is 4.79 Å². The van der Waals surface area contributed by atoms with Gasteiger partial charge in [0.05, 0.1) is 0 Å². The van der Waals surface area contributed by atoms with Gasteiger partial charge < -0.3 is 15.5 Å². The molecule has 2 saturated carbocycles. The number of aliphatic imine (C=N–C) groups is 1. The van der Waals surface area contributed by atoms with Crippen LogP contribution in [0.1, 0.15) is 57.8 Å². The minimum absolute atomic E-state index is 0.156. The minimum atomic E-state index is 0.156. The monoisotopic (exact) mass is 441 g/mol. The summed E-state index contributed by atoms with van der Waals surface area (Å²) in [6.45, 7) is 2.78. The smallest absolute Gasteiger partial charge is 0.324 e. The molecule has 6 heteroatoms. The molecule has 0 aromatic heterocycles.